The summed E-state index contributed by atoms with van der Waals surface area (Å²) in [6.07, 6.45) is 0. The van der Waals surface area contributed by atoms with Gasteiger partial charge in [0.2, 0.25) is 0 Å². The first-order valence-electron chi connectivity index (χ1n) is 4.57. The van der Waals surface area contributed by atoms with E-state index >= 15 is 0 Å². The fraction of sp³-hybridized carbons (Fsp3) is 0.333. The molecule has 100 valence electrons. The maximum atomic E-state index is 11.8. The smallest absolute Gasteiger partial charge is 0.441 e. The van der Waals surface area contributed by atoms with E-state index in [4.69, 9.17) is 16.3 Å². The number of ether oxygens (including phenoxy) is 1. The van der Waals surface area contributed by atoms with Crippen LogP contribution in [0, 0.1) is 10.1 Å². The minimum absolute atomic E-state index is 0.143. The molecule has 18 heavy (non-hydrogen) atoms. The second-order valence-electron chi connectivity index (χ2n) is 3.01. The normalized spacial score (nSPS) is 11.3. The number of hydrogen-bond acceptors (Lipinski definition) is 4. The first-order chi connectivity index (χ1) is 8.29. The van der Waals surface area contributed by atoms with E-state index in [9.17, 15) is 23.3 Å². The molecule has 0 bridgehead atoms. The monoisotopic (exact) mass is 301 g/mol. The first-order valence-corrected chi connectivity index (χ1v) is 5.93. The Morgan fingerprint density at radius 1 is 1.44 bits per heavy atom. The standard InChI is InChI=1S/C9H7ClF3NO3S/c10-6-1-2-7(14(15)16)8(5-6)17-3-4-18-9(11,12)13/h1-2,5H,3-4H2. The minimum Gasteiger partial charge on any atom is -0.486 e. The molecule has 0 fully saturated rings. The number of nitrogens with zero attached hydrogens (tertiary/aromatic N) is 1. The molecule has 0 N–H and O–H groups in total. The van der Waals surface area contributed by atoms with Gasteiger partial charge in [-0.15, -0.1) is 0 Å². The summed E-state index contributed by atoms with van der Waals surface area (Å²) in [5, 5.41) is 10.8. The maximum Gasteiger partial charge on any atom is 0.441 e. The Bertz CT molecular complexity index is 442. The van der Waals surface area contributed by atoms with E-state index in [1.165, 1.54) is 12.1 Å². The highest BCUT2D eigenvalue weighted by molar-refractivity contribution is 8.00. The Morgan fingerprint density at radius 3 is 2.67 bits per heavy atom. The lowest BCUT2D eigenvalue weighted by atomic mass is 10.3. The fourth-order valence-electron chi connectivity index (χ4n) is 1.06. The maximum absolute atomic E-state index is 11.8. The molecule has 0 saturated carbocycles. The quantitative estimate of drug-likeness (QED) is 0.470. The molecule has 0 aromatic heterocycles. The Hall–Kier alpha value is -1.15. The van der Waals surface area contributed by atoms with Crippen molar-refractivity contribution in [3.8, 4) is 5.75 Å². The van der Waals surface area contributed by atoms with Crippen LogP contribution in [0.4, 0.5) is 18.9 Å². The van der Waals surface area contributed by atoms with Gasteiger partial charge < -0.3 is 4.74 Å². The molecule has 0 saturated heterocycles. The van der Waals surface area contributed by atoms with E-state index in [1.54, 1.807) is 0 Å². The zero-order chi connectivity index (χ0) is 13.8. The van der Waals surface area contributed by atoms with Gasteiger partial charge in [0.15, 0.2) is 5.75 Å². The van der Waals surface area contributed by atoms with Crippen molar-refractivity contribution in [1.29, 1.82) is 0 Å². The predicted molar refractivity (Wildman–Crippen MR) is 62.1 cm³/mol. The minimum atomic E-state index is -4.34. The molecule has 0 aliphatic rings. The molecule has 4 nitrogen and oxygen atoms in total. The predicted octanol–water partition coefficient (Wildman–Crippen LogP) is 3.88. The second kappa shape index (κ2) is 6.14. The van der Waals surface area contributed by atoms with E-state index in [-0.39, 0.29) is 40.6 Å². The third kappa shape index (κ3) is 5.01. The van der Waals surface area contributed by atoms with Gasteiger partial charge >= 0.3 is 11.2 Å². The van der Waals surface area contributed by atoms with Gasteiger partial charge in [-0.25, -0.2) is 0 Å². The Labute approximate surface area is 109 Å². The van der Waals surface area contributed by atoms with Crippen molar-refractivity contribution in [1.82, 2.24) is 0 Å². The second-order valence-corrected chi connectivity index (χ2v) is 4.61. The SMILES string of the molecule is O=[N+]([O-])c1ccc(Cl)cc1OCCSC(F)(F)F. The van der Waals surface area contributed by atoms with Crippen LogP contribution in [0.15, 0.2) is 18.2 Å². The van der Waals surface area contributed by atoms with Crippen molar-refractivity contribution in [3.05, 3.63) is 33.3 Å². The third-order valence-corrected chi connectivity index (χ3v) is 2.66. The van der Waals surface area contributed by atoms with E-state index in [0.717, 1.165) is 6.07 Å². The van der Waals surface area contributed by atoms with Crippen molar-refractivity contribution >= 4 is 29.1 Å². The van der Waals surface area contributed by atoms with Crippen LogP contribution in [0.5, 0.6) is 5.75 Å². The van der Waals surface area contributed by atoms with Crippen molar-refractivity contribution in [2.24, 2.45) is 0 Å². The number of halogens is 4. The zero-order valence-corrected chi connectivity index (χ0v) is 10.3. The van der Waals surface area contributed by atoms with Gasteiger partial charge in [-0.2, -0.15) is 13.2 Å². The van der Waals surface area contributed by atoms with E-state index in [0.29, 0.717) is 0 Å². The topological polar surface area (TPSA) is 52.4 Å². The zero-order valence-electron chi connectivity index (χ0n) is 8.74. The van der Waals surface area contributed by atoms with E-state index in [1.807, 2.05) is 0 Å². The number of nitro groups is 1. The average Bonchev–Trinajstić information content (AvgIpc) is 2.22. The van der Waals surface area contributed by atoms with Crippen molar-refractivity contribution in [3.63, 3.8) is 0 Å². The van der Waals surface area contributed by atoms with Crippen LogP contribution in [0.1, 0.15) is 0 Å². The molecule has 0 radical (unpaired) electrons. The Morgan fingerprint density at radius 2 is 2.11 bits per heavy atom. The van der Waals surface area contributed by atoms with Gasteiger partial charge in [0.25, 0.3) is 0 Å². The lowest BCUT2D eigenvalue weighted by molar-refractivity contribution is -0.385. The number of alkyl halides is 3. The molecule has 1 rings (SSSR count). The van der Waals surface area contributed by atoms with Crippen LogP contribution in [0.25, 0.3) is 0 Å². The molecule has 1 aromatic rings. The molecule has 0 spiro atoms. The molecule has 0 aliphatic heterocycles. The largest absolute Gasteiger partial charge is 0.486 e. The van der Waals surface area contributed by atoms with Gasteiger partial charge in [-0.3, -0.25) is 10.1 Å². The number of nitro benzene ring substituents is 1. The van der Waals surface area contributed by atoms with Gasteiger partial charge in [0, 0.05) is 22.9 Å². The van der Waals surface area contributed by atoms with Gasteiger partial charge in [-0.05, 0) is 17.8 Å². The lowest BCUT2D eigenvalue weighted by Crippen LogP contribution is -2.08. The van der Waals surface area contributed by atoms with Crippen LogP contribution < -0.4 is 4.74 Å². The van der Waals surface area contributed by atoms with Crippen molar-refractivity contribution < 1.29 is 22.8 Å². The number of thioether (sulfide) groups is 1. The summed E-state index contributed by atoms with van der Waals surface area (Å²) < 4.78 is 40.4. The van der Waals surface area contributed by atoms with E-state index < -0.39 is 10.4 Å². The lowest BCUT2D eigenvalue weighted by Gasteiger charge is -2.08. The summed E-state index contributed by atoms with van der Waals surface area (Å²) in [5.41, 5.74) is -4.68. The van der Waals surface area contributed by atoms with Crippen LogP contribution in [0.2, 0.25) is 5.02 Å². The third-order valence-electron chi connectivity index (χ3n) is 1.73. The van der Waals surface area contributed by atoms with Crippen LogP contribution >= 0.6 is 23.4 Å². The molecule has 0 unspecified atom stereocenters. The average molecular weight is 302 g/mol. The van der Waals surface area contributed by atoms with Gasteiger partial charge in [0.05, 0.1) is 11.5 Å². The van der Waals surface area contributed by atoms with Crippen LogP contribution in [-0.4, -0.2) is 22.8 Å². The van der Waals surface area contributed by atoms with Gasteiger partial charge in [-0.1, -0.05) is 11.6 Å². The van der Waals surface area contributed by atoms with Crippen LogP contribution in [-0.2, 0) is 0 Å². The first kappa shape index (κ1) is 14.9. The Kier molecular flexibility index (Phi) is 5.09. The fourth-order valence-corrected chi connectivity index (χ4v) is 1.62. The number of benzene rings is 1. The van der Waals surface area contributed by atoms with Gasteiger partial charge in [0.1, 0.15) is 0 Å². The summed E-state index contributed by atoms with van der Waals surface area (Å²) in [7, 11) is 0. The highest BCUT2D eigenvalue weighted by Crippen LogP contribution is 2.32. The van der Waals surface area contributed by atoms with Crippen LogP contribution in [0.3, 0.4) is 0 Å². The highest BCUT2D eigenvalue weighted by atomic mass is 35.5. The summed E-state index contributed by atoms with van der Waals surface area (Å²) in [4.78, 5) is 9.93. The molecule has 9 heteroatoms. The van der Waals surface area contributed by atoms with Crippen molar-refractivity contribution in [2.75, 3.05) is 12.4 Å². The number of hydrogen-bond donors (Lipinski definition) is 0. The molecule has 0 atom stereocenters. The summed E-state index contributed by atoms with van der Waals surface area (Å²) in [6, 6.07) is 3.63. The summed E-state index contributed by atoms with van der Waals surface area (Å²) in [5.74, 6) is -0.497. The molecule has 0 amide bonds. The molecular weight excluding hydrogens is 295 g/mol. The van der Waals surface area contributed by atoms with E-state index in [2.05, 4.69) is 0 Å². The number of rotatable bonds is 5. The Balaban J connectivity index is 2.61. The molecular formula is C9H7ClF3NO3S. The summed E-state index contributed by atoms with van der Waals surface area (Å²) in [6.45, 7) is -0.300. The molecule has 0 heterocycles. The summed E-state index contributed by atoms with van der Waals surface area (Å²) >= 11 is 5.36. The molecule has 1 aromatic carbocycles. The highest BCUT2D eigenvalue weighted by Gasteiger charge is 2.27. The van der Waals surface area contributed by atoms with Crippen molar-refractivity contribution in [2.45, 2.75) is 5.51 Å². The molecule has 0 aliphatic carbocycles.